The molecular weight excluding hydrogens is 342 g/mol. The standard InChI is InChI=1S/C19H19N7O/c1-13-12-27-8-7-25(13)17-10-21-18-19(22-17)26(24-23-18)11-14-4-5-16-15(9-14)3-2-6-20-16/h2-6,9-10,13H,7-8,11-12H2,1H3/t13-/m0/s1. The van der Waals surface area contributed by atoms with Gasteiger partial charge in [0.1, 0.15) is 5.82 Å². The zero-order valence-corrected chi connectivity index (χ0v) is 15.0. The van der Waals surface area contributed by atoms with E-state index >= 15 is 0 Å². The van der Waals surface area contributed by atoms with Crippen molar-refractivity contribution in [1.29, 1.82) is 0 Å². The second-order valence-electron chi connectivity index (χ2n) is 6.77. The van der Waals surface area contributed by atoms with Crippen LogP contribution in [0.25, 0.3) is 22.2 Å². The van der Waals surface area contributed by atoms with Crippen molar-refractivity contribution < 1.29 is 4.74 Å². The molecule has 1 aliphatic heterocycles. The SMILES string of the molecule is C[C@H]1COCCN1c1cnc2nnn(Cc3ccc4ncccc4c3)c2n1. The summed E-state index contributed by atoms with van der Waals surface area (Å²) in [5, 5.41) is 9.53. The quantitative estimate of drug-likeness (QED) is 0.552. The first-order valence-electron chi connectivity index (χ1n) is 9.02. The van der Waals surface area contributed by atoms with Gasteiger partial charge in [-0.15, -0.1) is 5.10 Å². The number of morpholine rings is 1. The van der Waals surface area contributed by atoms with E-state index in [4.69, 9.17) is 9.72 Å². The van der Waals surface area contributed by atoms with Gasteiger partial charge in [0.15, 0.2) is 5.65 Å². The topological polar surface area (TPSA) is 81.9 Å². The van der Waals surface area contributed by atoms with E-state index in [-0.39, 0.29) is 6.04 Å². The normalized spacial score (nSPS) is 17.7. The molecule has 0 N–H and O–H groups in total. The summed E-state index contributed by atoms with van der Waals surface area (Å²) >= 11 is 0. The molecule has 0 radical (unpaired) electrons. The van der Waals surface area contributed by atoms with Gasteiger partial charge in [0.05, 0.1) is 37.5 Å². The maximum Gasteiger partial charge on any atom is 0.221 e. The van der Waals surface area contributed by atoms with E-state index in [1.54, 1.807) is 17.1 Å². The number of hydrogen-bond acceptors (Lipinski definition) is 7. The molecule has 3 aromatic heterocycles. The van der Waals surface area contributed by atoms with Crippen LogP contribution in [0.2, 0.25) is 0 Å². The molecule has 136 valence electrons. The number of benzene rings is 1. The predicted molar refractivity (Wildman–Crippen MR) is 102 cm³/mol. The van der Waals surface area contributed by atoms with E-state index in [0.717, 1.165) is 28.8 Å². The molecular formula is C19H19N7O. The van der Waals surface area contributed by atoms with Gasteiger partial charge in [-0.05, 0) is 30.7 Å². The highest BCUT2D eigenvalue weighted by atomic mass is 16.5. The number of rotatable bonds is 3. The lowest BCUT2D eigenvalue weighted by atomic mass is 10.1. The summed E-state index contributed by atoms with van der Waals surface area (Å²) in [5.74, 6) is 0.838. The number of fused-ring (bicyclic) bond motifs is 2. The molecule has 4 heterocycles. The molecule has 1 saturated heterocycles. The summed E-state index contributed by atoms with van der Waals surface area (Å²) in [6, 6.07) is 10.5. The minimum atomic E-state index is 0.266. The Balaban J connectivity index is 1.49. The average molecular weight is 361 g/mol. The molecule has 27 heavy (non-hydrogen) atoms. The molecule has 0 amide bonds. The Hall–Kier alpha value is -3.13. The van der Waals surface area contributed by atoms with Crippen LogP contribution in [0.1, 0.15) is 12.5 Å². The van der Waals surface area contributed by atoms with Crippen LogP contribution < -0.4 is 4.90 Å². The highest BCUT2D eigenvalue weighted by molar-refractivity contribution is 5.79. The summed E-state index contributed by atoms with van der Waals surface area (Å²) in [7, 11) is 0. The van der Waals surface area contributed by atoms with Crippen LogP contribution in [-0.2, 0) is 11.3 Å². The van der Waals surface area contributed by atoms with Crippen LogP contribution >= 0.6 is 0 Å². The Bertz CT molecular complexity index is 1110. The summed E-state index contributed by atoms with van der Waals surface area (Å²) < 4.78 is 7.32. The Morgan fingerprint density at radius 2 is 2.19 bits per heavy atom. The monoisotopic (exact) mass is 361 g/mol. The van der Waals surface area contributed by atoms with Gasteiger partial charge in [0.2, 0.25) is 5.65 Å². The summed E-state index contributed by atoms with van der Waals surface area (Å²) in [4.78, 5) is 15.8. The molecule has 8 heteroatoms. The smallest absolute Gasteiger partial charge is 0.221 e. The van der Waals surface area contributed by atoms with E-state index in [9.17, 15) is 0 Å². The molecule has 5 rings (SSSR count). The van der Waals surface area contributed by atoms with Crippen molar-refractivity contribution in [3.63, 3.8) is 0 Å². The molecule has 0 bridgehead atoms. The van der Waals surface area contributed by atoms with E-state index in [1.807, 2.05) is 12.1 Å². The number of nitrogens with zero attached hydrogens (tertiary/aromatic N) is 7. The molecule has 1 atom stereocenters. The summed E-state index contributed by atoms with van der Waals surface area (Å²) in [6.07, 6.45) is 3.57. The molecule has 0 unspecified atom stereocenters. The van der Waals surface area contributed by atoms with E-state index in [1.165, 1.54) is 0 Å². The fraction of sp³-hybridized carbons (Fsp3) is 0.316. The van der Waals surface area contributed by atoms with Crippen molar-refractivity contribution >= 4 is 28.0 Å². The number of ether oxygens (including phenoxy) is 1. The molecule has 8 nitrogen and oxygen atoms in total. The number of aromatic nitrogens is 6. The van der Waals surface area contributed by atoms with Crippen molar-refractivity contribution in [3.05, 3.63) is 48.3 Å². The third-order valence-corrected chi connectivity index (χ3v) is 4.88. The van der Waals surface area contributed by atoms with Crippen molar-refractivity contribution in [1.82, 2.24) is 29.9 Å². The van der Waals surface area contributed by atoms with Crippen molar-refractivity contribution in [3.8, 4) is 0 Å². The molecule has 4 aromatic rings. The zero-order valence-electron chi connectivity index (χ0n) is 15.0. The Kier molecular flexibility index (Phi) is 3.90. The minimum absolute atomic E-state index is 0.266. The number of hydrogen-bond donors (Lipinski definition) is 0. The first kappa shape index (κ1) is 16.1. The maximum absolute atomic E-state index is 5.52. The molecule has 0 spiro atoms. The van der Waals surface area contributed by atoms with Crippen molar-refractivity contribution in [2.45, 2.75) is 19.5 Å². The average Bonchev–Trinajstić information content (AvgIpc) is 3.10. The fourth-order valence-electron chi connectivity index (χ4n) is 3.46. The lowest BCUT2D eigenvalue weighted by Crippen LogP contribution is -2.44. The third-order valence-electron chi connectivity index (χ3n) is 4.88. The minimum Gasteiger partial charge on any atom is -0.377 e. The third kappa shape index (κ3) is 2.97. The summed E-state index contributed by atoms with van der Waals surface area (Å²) in [5.41, 5.74) is 3.35. The Labute approximate surface area is 155 Å². The largest absolute Gasteiger partial charge is 0.377 e. The van der Waals surface area contributed by atoms with Crippen LogP contribution in [0.5, 0.6) is 0 Å². The van der Waals surface area contributed by atoms with Gasteiger partial charge >= 0.3 is 0 Å². The second kappa shape index (κ2) is 6.55. The first-order valence-corrected chi connectivity index (χ1v) is 9.02. The molecule has 1 aromatic carbocycles. The Morgan fingerprint density at radius 3 is 3.11 bits per heavy atom. The van der Waals surface area contributed by atoms with Gasteiger partial charge in [-0.1, -0.05) is 17.3 Å². The van der Waals surface area contributed by atoms with Crippen molar-refractivity contribution in [2.24, 2.45) is 0 Å². The van der Waals surface area contributed by atoms with Crippen molar-refractivity contribution in [2.75, 3.05) is 24.7 Å². The number of pyridine rings is 1. The van der Waals surface area contributed by atoms with E-state index in [2.05, 4.69) is 50.3 Å². The number of anilines is 1. The highest BCUT2D eigenvalue weighted by Gasteiger charge is 2.21. The van der Waals surface area contributed by atoms with E-state index < -0.39 is 0 Å². The van der Waals surface area contributed by atoms with E-state index in [0.29, 0.717) is 31.1 Å². The zero-order chi connectivity index (χ0) is 18.2. The Morgan fingerprint density at radius 1 is 1.22 bits per heavy atom. The lowest BCUT2D eigenvalue weighted by Gasteiger charge is -2.33. The van der Waals surface area contributed by atoms with Gasteiger partial charge in [0, 0.05) is 18.1 Å². The highest BCUT2D eigenvalue weighted by Crippen LogP contribution is 2.20. The van der Waals surface area contributed by atoms with Gasteiger partial charge in [-0.2, -0.15) is 0 Å². The molecule has 0 aliphatic carbocycles. The first-order chi connectivity index (χ1) is 13.3. The van der Waals surface area contributed by atoms with Crippen LogP contribution in [0, 0.1) is 0 Å². The maximum atomic E-state index is 5.52. The van der Waals surface area contributed by atoms with Crippen LogP contribution in [0.15, 0.2) is 42.7 Å². The second-order valence-corrected chi connectivity index (χ2v) is 6.77. The summed E-state index contributed by atoms with van der Waals surface area (Å²) in [6.45, 7) is 4.91. The van der Waals surface area contributed by atoms with Gasteiger partial charge in [-0.3, -0.25) is 4.98 Å². The van der Waals surface area contributed by atoms with Crippen LogP contribution in [0.4, 0.5) is 5.82 Å². The molecule has 0 saturated carbocycles. The van der Waals surface area contributed by atoms with Crippen LogP contribution in [-0.4, -0.2) is 55.7 Å². The lowest BCUT2D eigenvalue weighted by molar-refractivity contribution is 0.0985. The van der Waals surface area contributed by atoms with Gasteiger partial charge in [0.25, 0.3) is 0 Å². The van der Waals surface area contributed by atoms with Gasteiger partial charge < -0.3 is 9.64 Å². The fourth-order valence-corrected chi connectivity index (χ4v) is 3.46. The predicted octanol–water partition coefficient (Wildman–Crippen LogP) is 2.04. The molecule has 1 fully saturated rings. The van der Waals surface area contributed by atoms with Gasteiger partial charge in [-0.25, -0.2) is 14.6 Å². The molecule has 1 aliphatic rings. The van der Waals surface area contributed by atoms with Crippen LogP contribution in [0.3, 0.4) is 0 Å².